The third-order valence-electron chi connectivity index (χ3n) is 3.46. The largest absolute Gasteiger partial charge is 0.381 e. The van der Waals surface area contributed by atoms with Crippen molar-refractivity contribution < 1.29 is 9.53 Å². The fraction of sp³-hybridized carbons (Fsp3) is 0.533. The highest BCUT2D eigenvalue weighted by Gasteiger charge is 2.17. The fourth-order valence-corrected chi connectivity index (χ4v) is 3.30. The number of hydrogen-bond acceptors (Lipinski definition) is 3. The first kappa shape index (κ1) is 16.9. The Hall–Kier alpha value is -0.420. The Morgan fingerprint density at radius 3 is 2.76 bits per heavy atom. The second-order valence-corrected chi connectivity index (χ2v) is 7.22. The molecule has 1 aromatic rings. The summed E-state index contributed by atoms with van der Waals surface area (Å²) in [5.41, 5.74) is 1.08. The second kappa shape index (κ2) is 8.28. The second-order valence-electron chi connectivity index (χ2n) is 5.08. The van der Waals surface area contributed by atoms with Crippen molar-refractivity contribution in [3.8, 4) is 0 Å². The normalized spacial score (nSPS) is 17.5. The molecule has 0 saturated carbocycles. The van der Waals surface area contributed by atoms with E-state index in [1.54, 1.807) is 17.8 Å². The van der Waals surface area contributed by atoms with Crippen molar-refractivity contribution in [2.24, 2.45) is 0 Å². The highest BCUT2D eigenvalue weighted by Crippen LogP contribution is 2.32. The minimum Gasteiger partial charge on any atom is -0.381 e. The molecule has 1 aliphatic rings. The van der Waals surface area contributed by atoms with Gasteiger partial charge in [-0.3, -0.25) is 4.79 Å². The van der Waals surface area contributed by atoms with Gasteiger partial charge >= 0.3 is 0 Å². The number of rotatable bonds is 5. The number of thioether (sulfide) groups is 1. The van der Waals surface area contributed by atoms with Crippen LogP contribution in [0.15, 0.2) is 18.2 Å². The number of ether oxygens (including phenoxy) is 1. The summed E-state index contributed by atoms with van der Waals surface area (Å²) in [7, 11) is 0. The van der Waals surface area contributed by atoms with Crippen molar-refractivity contribution in [2.75, 3.05) is 19.0 Å². The topological polar surface area (TPSA) is 38.3 Å². The Labute approximate surface area is 139 Å². The molecule has 0 spiro atoms. The first-order chi connectivity index (χ1) is 10.1. The molecule has 0 aromatic heterocycles. The molecule has 1 aromatic carbocycles. The molecule has 1 atom stereocenters. The van der Waals surface area contributed by atoms with Crippen LogP contribution in [-0.2, 0) is 9.53 Å². The zero-order valence-electron chi connectivity index (χ0n) is 11.9. The molecule has 1 amide bonds. The third kappa shape index (κ3) is 5.37. The lowest BCUT2D eigenvalue weighted by Crippen LogP contribution is -2.39. The van der Waals surface area contributed by atoms with Crippen molar-refractivity contribution in [3.63, 3.8) is 0 Å². The van der Waals surface area contributed by atoms with E-state index in [1.165, 1.54) is 0 Å². The van der Waals surface area contributed by atoms with Gasteiger partial charge in [-0.1, -0.05) is 29.3 Å². The van der Waals surface area contributed by atoms with Crippen LogP contribution in [0.5, 0.6) is 0 Å². The van der Waals surface area contributed by atoms with Crippen LogP contribution in [0.2, 0.25) is 10.0 Å². The highest BCUT2D eigenvalue weighted by atomic mass is 35.5. The molecule has 0 radical (unpaired) electrons. The SMILES string of the molecule is C[C@H](SCC(=O)NC1CCOCC1)c1ccc(Cl)c(Cl)c1. The summed E-state index contributed by atoms with van der Waals surface area (Å²) in [6, 6.07) is 5.85. The summed E-state index contributed by atoms with van der Waals surface area (Å²) >= 11 is 13.5. The maximum absolute atomic E-state index is 11.9. The molecule has 0 unspecified atom stereocenters. The zero-order chi connectivity index (χ0) is 15.2. The minimum atomic E-state index is 0.0822. The Morgan fingerprint density at radius 2 is 2.10 bits per heavy atom. The first-order valence-electron chi connectivity index (χ1n) is 7.00. The maximum Gasteiger partial charge on any atom is 0.230 e. The molecule has 1 heterocycles. The van der Waals surface area contributed by atoms with Crippen LogP contribution >= 0.6 is 35.0 Å². The molecule has 6 heteroatoms. The average molecular weight is 348 g/mol. The van der Waals surface area contributed by atoms with Gasteiger partial charge < -0.3 is 10.1 Å². The monoisotopic (exact) mass is 347 g/mol. The molecule has 2 rings (SSSR count). The van der Waals surface area contributed by atoms with Crippen LogP contribution in [0, 0.1) is 0 Å². The van der Waals surface area contributed by atoms with Gasteiger partial charge in [0, 0.05) is 24.5 Å². The average Bonchev–Trinajstić information content (AvgIpc) is 2.48. The predicted octanol–water partition coefficient (Wildman–Crippen LogP) is 4.08. The number of benzene rings is 1. The van der Waals surface area contributed by atoms with Gasteiger partial charge in [0.1, 0.15) is 0 Å². The molecule has 1 aliphatic heterocycles. The van der Waals surface area contributed by atoms with Gasteiger partial charge in [0.25, 0.3) is 0 Å². The van der Waals surface area contributed by atoms with Crippen molar-refractivity contribution in [1.82, 2.24) is 5.32 Å². The Kier molecular flexibility index (Phi) is 6.68. The smallest absolute Gasteiger partial charge is 0.230 e. The fourth-order valence-electron chi connectivity index (χ4n) is 2.17. The van der Waals surface area contributed by atoms with Crippen LogP contribution in [0.1, 0.15) is 30.6 Å². The third-order valence-corrected chi connectivity index (χ3v) is 5.40. The van der Waals surface area contributed by atoms with E-state index < -0.39 is 0 Å². The van der Waals surface area contributed by atoms with Crippen LogP contribution in [-0.4, -0.2) is 30.9 Å². The number of carbonyl (C=O) groups excluding carboxylic acids is 1. The molecular formula is C15H19Cl2NO2S. The molecule has 1 saturated heterocycles. The quantitative estimate of drug-likeness (QED) is 0.871. The Morgan fingerprint density at radius 1 is 1.38 bits per heavy atom. The molecule has 0 aliphatic carbocycles. The van der Waals surface area contributed by atoms with E-state index in [2.05, 4.69) is 12.2 Å². The summed E-state index contributed by atoms with van der Waals surface area (Å²) in [6.45, 7) is 3.53. The van der Waals surface area contributed by atoms with E-state index in [0.717, 1.165) is 31.6 Å². The number of carbonyl (C=O) groups is 1. The van der Waals surface area contributed by atoms with Gasteiger partial charge in [0.15, 0.2) is 0 Å². The van der Waals surface area contributed by atoms with Crippen molar-refractivity contribution in [2.45, 2.75) is 31.1 Å². The summed E-state index contributed by atoms with van der Waals surface area (Å²) in [6.07, 6.45) is 1.80. The predicted molar refractivity (Wildman–Crippen MR) is 89.3 cm³/mol. The van der Waals surface area contributed by atoms with Gasteiger partial charge in [-0.15, -0.1) is 11.8 Å². The van der Waals surface area contributed by atoms with E-state index in [0.29, 0.717) is 15.8 Å². The van der Waals surface area contributed by atoms with Gasteiger partial charge in [0.05, 0.1) is 15.8 Å². The molecule has 116 valence electrons. The van der Waals surface area contributed by atoms with E-state index in [4.69, 9.17) is 27.9 Å². The number of hydrogen-bond donors (Lipinski definition) is 1. The van der Waals surface area contributed by atoms with Gasteiger partial charge in [0.2, 0.25) is 5.91 Å². The molecular weight excluding hydrogens is 329 g/mol. The molecule has 0 bridgehead atoms. The van der Waals surface area contributed by atoms with Gasteiger partial charge in [-0.25, -0.2) is 0 Å². The Balaban J connectivity index is 1.78. The van der Waals surface area contributed by atoms with Crippen LogP contribution in [0.25, 0.3) is 0 Å². The number of amides is 1. The minimum absolute atomic E-state index is 0.0822. The number of halogens is 2. The first-order valence-corrected chi connectivity index (χ1v) is 8.80. The van der Waals surface area contributed by atoms with E-state index >= 15 is 0 Å². The van der Waals surface area contributed by atoms with Gasteiger partial charge in [-0.2, -0.15) is 0 Å². The molecule has 1 N–H and O–H groups in total. The van der Waals surface area contributed by atoms with E-state index in [9.17, 15) is 4.79 Å². The van der Waals surface area contributed by atoms with Crippen LogP contribution in [0.3, 0.4) is 0 Å². The van der Waals surface area contributed by atoms with Crippen LogP contribution in [0.4, 0.5) is 0 Å². The van der Waals surface area contributed by atoms with Crippen molar-refractivity contribution in [3.05, 3.63) is 33.8 Å². The number of nitrogens with one attached hydrogen (secondary N) is 1. The summed E-state index contributed by atoms with van der Waals surface area (Å²) < 4.78 is 5.28. The van der Waals surface area contributed by atoms with Crippen molar-refractivity contribution >= 4 is 40.9 Å². The van der Waals surface area contributed by atoms with Crippen LogP contribution < -0.4 is 5.32 Å². The van der Waals surface area contributed by atoms with Gasteiger partial charge in [-0.05, 0) is 37.5 Å². The lowest BCUT2D eigenvalue weighted by Gasteiger charge is -2.23. The summed E-state index contributed by atoms with van der Waals surface area (Å²) in [4.78, 5) is 11.9. The summed E-state index contributed by atoms with van der Waals surface area (Å²) in [5.74, 6) is 0.525. The Bertz CT molecular complexity index is 493. The highest BCUT2D eigenvalue weighted by molar-refractivity contribution is 8.00. The zero-order valence-corrected chi connectivity index (χ0v) is 14.2. The lowest BCUT2D eigenvalue weighted by molar-refractivity contribution is -0.119. The van der Waals surface area contributed by atoms with E-state index in [-0.39, 0.29) is 17.2 Å². The standard InChI is InChI=1S/C15H19Cl2NO2S/c1-10(11-2-3-13(16)14(17)8-11)21-9-15(19)18-12-4-6-20-7-5-12/h2-3,8,10,12H,4-7,9H2,1H3,(H,18,19)/t10-/m0/s1. The molecule has 1 fully saturated rings. The molecule has 3 nitrogen and oxygen atoms in total. The maximum atomic E-state index is 11.9. The van der Waals surface area contributed by atoms with E-state index in [1.807, 2.05) is 12.1 Å². The van der Waals surface area contributed by atoms with Crippen molar-refractivity contribution in [1.29, 1.82) is 0 Å². The summed E-state index contributed by atoms with van der Waals surface area (Å²) in [5, 5.41) is 4.35. The lowest BCUT2D eigenvalue weighted by atomic mass is 10.1. The molecule has 21 heavy (non-hydrogen) atoms.